The van der Waals surface area contributed by atoms with E-state index in [0.717, 1.165) is 0 Å². The molecule has 0 saturated heterocycles. The molecule has 0 unspecified atom stereocenters. The maximum atomic E-state index is 11.2. The topological polar surface area (TPSA) is 0 Å². The van der Waals surface area contributed by atoms with E-state index in [9.17, 15) is 4.39 Å². The van der Waals surface area contributed by atoms with E-state index in [1.54, 1.807) is 0 Å². The summed E-state index contributed by atoms with van der Waals surface area (Å²) < 4.78 is 11.2. The van der Waals surface area contributed by atoms with Gasteiger partial charge in [0.2, 0.25) is 0 Å². The van der Waals surface area contributed by atoms with E-state index in [0.29, 0.717) is 12.0 Å². The smallest absolute Gasteiger partial charge is 0.111 e. The van der Waals surface area contributed by atoms with Gasteiger partial charge in [0.1, 0.15) is 6.67 Å². The lowest BCUT2D eigenvalue weighted by Gasteiger charge is -1.85. The Morgan fingerprint density at radius 3 is 2.33 bits per heavy atom. The molecule has 0 heterocycles. The summed E-state index contributed by atoms with van der Waals surface area (Å²) in [6, 6.07) is 0. The van der Waals surface area contributed by atoms with Gasteiger partial charge in [-0.3, -0.25) is 0 Å². The zero-order valence-electron chi connectivity index (χ0n) is 3.87. The van der Waals surface area contributed by atoms with E-state index in [2.05, 4.69) is 0 Å². The normalized spacial score (nSPS) is 8.33. The molecule has 0 amide bonds. The largest absolute Gasteiger partial charge is 0.246 e. The number of hydrogen-bond donors (Lipinski definition) is 0. The van der Waals surface area contributed by atoms with Crippen LogP contribution in [0.4, 0.5) is 4.39 Å². The van der Waals surface area contributed by atoms with E-state index in [4.69, 9.17) is 6.58 Å². The van der Waals surface area contributed by atoms with Crippen LogP contribution in [-0.4, -0.2) is 6.67 Å². The van der Waals surface area contributed by atoms with Gasteiger partial charge in [0.15, 0.2) is 0 Å². The van der Waals surface area contributed by atoms with Crippen molar-refractivity contribution in [1.82, 2.24) is 0 Å². The molecule has 0 aliphatic rings. The SMILES string of the molecule is [CH]=C(CC)CF. The van der Waals surface area contributed by atoms with Crippen molar-refractivity contribution in [2.24, 2.45) is 0 Å². The Morgan fingerprint density at radius 2 is 2.33 bits per heavy atom. The predicted molar refractivity (Wildman–Crippen MR) is 24.1 cm³/mol. The van der Waals surface area contributed by atoms with E-state index < -0.39 is 6.67 Å². The summed E-state index contributed by atoms with van der Waals surface area (Å²) in [6.07, 6.45) is 0.649. The lowest BCUT2D eigenvalue weighted by molar-refractivity contribution is 0.535. The van der Waals surface area contributed by atoms with Crippen molar-refractivity contribution >= 4 is 0 Å². The van der Waals surface area contributed by atoms with Crippen molar-refractivity contribution in [3.63, 3.8) is 0 Å². The lowest BCUT2D eigenvalue weighted by atomic mass is 10.3. The molecule has 0 aliphatic heterocycles. The molecule has 6 heavy (non-hydrogen) atoms. The minimum Gasteiger partial charge on any atom is -0.246 e. The van der Waals surface area contributed by atoms with Gasteiger partial charge in [-0.25, -0.2) is 4.39 Å². The summed E-state index contributed by atoms with van der Waals surface area (Å²) in [4.78, 5) is 0. The second-order valence-electron chi connectivity index (χ2n) is 1.15. The number of hydrogen-bond acceptors (Lipinski definition) is 0. The van der Waals surface area contributed by atoms with Crippen LogP contribution in [0.5, 0.6) is 0 Å². The van der Waals surface area contributed by atoms with Crippen LogP contribution in [0, 0.1) is 6.58 Å². The number of alkyl halides is 1. The highest BCUT2D eigenvalue weighted by Gasteiger charge is 1.81. The Bertz CT molecular complexity index is 41.9. The van der Waals surface area contributed by atoms with Gasteiger partial charge in [0, 0.05) is 0 Å². The summed E-state index contributed by atoms with van der Waals surface area (Å²) in [6.45, 7) is 6.37. The molecule has 0 fully saturated rings. The number of allylic oxidation sites excluding steroid dienone is 1. The second-order valence-corrected chi connectivity index (χ2v) is 1.15. The van der Waals surface area contributed by atoms with Crippen molar-refractivity contribution in [2.45, 2.75) is 13.3 Å². The Balaban J connectivity index is 2.99. The maximum absolute atomic E-state index is 11.2. The van der Waals surface area contributed by atoms with Crippen LogP contribution in [0.2, 0.25) is 0 Å². The van der Waals surface area contributed by atoms with Crippen molar-refractivity contribution < 1.29 is 4.39 Å². The van der Waals surface area contributed by atoms with Gasteiger partial charge in [-0.1, -0.05) is 13.5 Å². The van der Waals surface area contributed by atoms with Gasteiger partial charge in [-0.2, -0.15) is 0 Å². The first-order valence-corrected chi connectivity index (χ1v) is 1.97. The third kappa shape index (κ3) is 1.94. The summed E-state index contributed by atoms with van der Waals surface area (Å²) in [5.74, 6) is 0. The molecule has 0 aliphatic carbocycles. The van der Waals surface area contributed by atoms with Crippen LogP contribution in [0.3, 0.4) is 0 Å². The highest BCUT2D eigenvalue weighted by molar-refractivity contribution is 4.87. The molecule has 0 bridgehead atoms. The van der Waals surface area contributed by atoms with Crippen LogP contribution in [0.25, 0.3) is 0 Å². The van der Waals surface area contributed by atoms with Crippen molar-refractivity contribution in [3.8, 4) is 0 Å². The molecule has 0 rings (SSSR count). The van der Waals surface area contributed by atoms with Crippen LogP contribution in [0.1, 0.15) is 13.3 Å². The van der Waals surface area contributed by atoms with Crippen molar-refractivity contribution in [1.29, 1.82) is 0 Å². The molecule has 0 nitrogen and oxygen atoms in total. The van der Waals surface area contributed by atoms with E-state index in [1.807, 2.05) is 6.92 Å². The molecule has 1 heteroatoms. The van der Waals surface area contributed by atoms with Gasteiger partial charge < -0.3 is 0 Å². The van der Waals surface area contributed by atoms with Gasteiger partial charge in [-0.05, 0) is 12.0 Å². The molecular weight excluding hydrogens is 79.1 g/mol. The molecule has 0 aromatic carbocycles. The highest BCUT2D eigenvalue weighted by Crippen LogP contribution is 1.93. The summed E-state index contributed by atoms with van der Waals surface area (Å²) in [5, 5.41) is 0. The van der Waals surface area contributed by atoms with Crippen molar-refractivity contribution in [3.05, 3.63) is 12.2 Å². The Kier molecular flexibility index (Phi) is 2.73. The van der Waals surface area contributed by atoms with Crippen LogP contribution < -0.4 is 0 Å². The van der Waals surface area contributed by atoms with Crippen LogP contribution in [0.15, 0.2) is 5.57 Å². The third-order valence-electron chi connectivity index (χ3n) is 0.626. The summed E-state index contributed by atoms with van der Waals surface area (Å²) in [7, 11) is 0. The monoisotopic (exact) mass is 87.1 g/mol. The molecule has 0 aromatic rings. The standard InChI is InChI=1S/C5H8F/c1-3-5(2)4-6/h2H,3-4H2,1H3. The van der Waals surface area contributed by atoms with Gasteiger partial charge in [0.05, 0.1) is 0 Å². The molecule has 35 valence electrons. The minimum absolute atomic E-state index is 0.426. The fourth-order valence-corrected chi connectivity index (χ4v) is 0.0945. The third-order valence-corrected chi connectivity index (χ3v) is 0.626. The fourth-order valence-electron chi connectivity index (χ4n) is 0.0945. The fraction of sp³-hybridized carbons (Fsp3) is 0.600. The lowest BCUT2D eigenvalue weighted by Crippen LogP contribution is -1.76. The average Bonchev–Trinajstić information content (AvgIpc) is 1.65. The number of halogens is 1. The first-order chi connectivity index (χ1) is 2.81. The summed E-state index contributed by atoms with van der Waals surface area (Å²) >= 11 is 0. The summed E-state index contributed by atoms with van der Waals surface area (Å²) in [5.41, 5.74) is 0.426. The minimum atomic E-state index is -0.476. The highest BCUT2D eigenvalue weighted by atomic mass is 19.1. The number of rotatable bonds is 2. The quantitative estimate of drug-likeness (QED) is 0.481. The molecule has 0 aromatic heterocycles. The van der Waals surface area contributed by atoms with Gasteiger partial charge in [-0.15, -0.1) is 0 Å². The molecular formula is C5H8F. The van der Waals surface area contributed by atoms with Crippen molar-refractivity contribution in [2.75, 3.05) is 6.67 Å². The van der Waals surface area contributed by atoms with Gasteiger partial charge in [0.25, 0.3) is 0 Å². The van der Waals surface area contributed by atoms with E-state index >= 15 is 0 Å². The molecule has 1 radical (unpaired) electrons. The van der Waals surface area contributed by atoms with Crippen LogP contribution >= 0.6 is 0 Å². The maximum Gasteiger partial charge on any atom is 0.111 e. The van der Waals surface area contributed by atoms with E-state index in [-0.39, 0.29) is 0 Å². The Labute approximate surface area is 37.7 Å². The van der Waals surface area contributed by atoms with Crippen LogP contribution in [-0.2, 0) is 0 Å². The molecule has 0 atom stereocenters. The Morgan fingerprint density at radius 1 is 1.83 bits per heavy atom. The van der Waals surface area contributed by atoms with E-state index in [1.165, 1.54) is 0 Å². The predicted octanol–water partition coefficient (Wildman–Crippen LogP) is 1.73. The molecule has 0 N–H and O–H groups in total. The molecule has 0 spiro atoms. The van der Waals surface area contributed by atoms with Gasteiger partial charge >= 0.3 is 0 Å². The first kappa shape index (κ1) is 5.67. The Hall–Kier alpha value is -0.330. The first-order valence-electron chi connectivity index (χ1n) is 1.97. The average molecular weight is 87.1 g/mol. The second kappa shape index (κ2) is 2.88. The zero-order valence-corrected chi connectivity index (χ0v) is 3.87. The molecule has 0 saturated carbocycles. The zero-order chi connectivity index (χ0) is 4.99.